The van der Waals surface area contributed by atoms with Crippen LogP contribution in [0.15, 0.2) is 29.3 Å². The maximum Gasteiger partial charge on any atom is 0.191 e. The van der Waals surface area contributed by atoms with Gasteiger partial charge in [-0.1, -0.05) is 29.8 Å². The smallest absolute Gasteiger partial charge is 0.191 e. The van der Waals surface area contributed by atoms with E-state index in [0.29, 0.717) is 6.61 Å². The van der Waals surface area contributed by atoms with Crippen LogP contribution in [0.1, 0.15) is 12.5 Å². The summed E-state index contributed by atoms with van der Waals surface area (Å²) in [5.41, 5.74) is 1.14. The highest BCUT2D eigenvalue weighted by atomic mass is 35.5. The van der Waals surface area contributed by atoms with E-state index in [4.69, 9.17) is 16.3 Å². The summed E-state index contributed by atoms with van der Waals surface area (Å²) in [6.45, 7) is 4.94. The van der Waals surface area contributed by atoms with Crippen molar-refractivity contribution < 1.29 is 4.74 Å². The Morgan fingerprint density at radius 3 is 2.68 bits per heavy atom. The van der Waals surface area contributed by atoms with Gasteiger partial charge in [-0.15, -0.1) is 0 Å². The summed E-state index contributed by atoms with van der Waals surface area (Å²) < 4.78 is 5.26. The summed E-state index contributed by atoms with van der Waals surface area (Å²) in [6.07, 6.45) is 0.867. The van der Waals surface area contributed by atoms with Gasteiger partial charge in [-0.25, -0.2) is 0 Å². The number of nitrogens with one attached hydrogen (secondary N) is 2. The van der Waals surface area contributed by atoms with Gasteiger partial charge in [0.1, 0.15) is 0 Å². The number of benzene rings is 1. The first-order valence-corrected chi connectivity index (χ1v) is 6.91. The molecule has 0 atom stereocenters. The number of hydrogen-bond donors (Lipinski definition) is 2. The van der Waals surface area contributed by atoms with Crippen molar-refractivity contribution in [1.29, 1.82) is 0 Å². The average molecular weight is 284 g/mol. The molecule has 4 nitrogen and oxygen atoms in total. The third-order valence-corrected chi connectivity index (χ3v) is 2.98. The largest absolute Gasteiger partial charge is 0.380 e. The van der Waals surface area contributed by atoms with Crippen LogP contribution in [0.2, 0.25) is 5.02 Å². The molecule has 1 rings (SSSR count). The van der Waals surface area contributed by atoms with E-state index in [1.807, 2.05) is 31.2 Å². The summed E-state index contributed by atoms with van der Waals surface area (Å²) in [5.74, 6) is 0.784. The maximum absolute atomic E-state index is 6.10. The van der Waals surface area contributed by atoms with Crippen LogP contribution in [0.5, 0.6) is 0 Å². The molecular formula is C14H22ClN3O. The number of guanidine groups is 1. The molecule has 0 bridgehead atoms. The van der Waals surface area contributed by atoms with Crippen LogP contribution in [-0.2, 0) is 11.2 Å². The van der Waals surface area contributed by atoms with E-state index in [1.54, 1.807) is 7.05 Å². The Hall–Kier alpha value is -1.26. The van der Waals surface area contributed by atoms with Gasteiger partial charge in [-0.2, -0.15) is 0 Å². The third-order valence-electron chi connectivity index (χ3n) is 2.61. The first kappa shape index (κ1) is 15.8. The van der Waals surface area contributed by atoms with Crippen LogP contribution >= 0.6 is 11.6 Å². The number of hydrogen-bond acceptors (Lipinski definition) is 2. The highest BCUT2D eigenvalue weighted by Crippen LogP contribution is 2.14. The van der Waals surface area contributed by atoms with Crippen molar-refractivity contribution in [1.82, 2.24) is 10.6 Å². The molecule has 0 aliphatic rings. The van der Waals surface area contributed by atoms with E-state index >= 15 is 0 Å². The summed E-state index contributed by atoms with van der Waals surface area (Å²) >= 11 is 6.10. The van der Waals surface area contributed by atoms with Crippen molar-refractivity contribution in [2.45, 2.75) is 13.3 Å². The van der Waals surface area contributed by atoms with E-state index in [9.17, 15) is 0 Å². The van der Waals surface area contributed by atoms with Crippen molar-refractivity contribution in [2.24, 2.45) is 4.99 Å². The first-order valence-electron chi connectivity index (χ1n) is 6.53. The summed E-state index contributed by atoms with van der Waals surface area (Å²) in [7, 11) is 1.76. The van der Waals surface area contributed by atoms with Gasteiger partial charge in [-0.3, -0.25) is 4.99 Å². The summed E-state index contributed by atoms with van der Waals surface area (Å²) in [5, 5.41) is 7.24. The Balaban J connectivity index is 2.25. The molecule has 0 heterocycles. The first-order chi connectivity index (χ1) is 9.27. The zero-order valence-electron chi connectivity index (χ0n) is 11.6. The van der Waals surface area contributed by atoms with Crippen molar-refractivity contribution in [2.75, 3.05) is 33.4 Å². The molecule has 1 aromatic carbocycles. The van der Waals surface area contributed by atoms with Crippen LogP contribution in [0, 0.1) is 0 Å². The monoisotopic (exact) mass is 283 g/mol. The minimum absolute atomic E-state index is 0.682. The number of halogens is 1. The Kier molecular flexibility index (Phi) is 8.02. The normalized spacial score (nSPS) is 11.4. The Morgan fingerprint density at radius 1 is 1.26 bits per heavy atom. The van der Waals surface area contributed by atoms with Crippen molar-refractivity contribution >= 4 is 17.6 Å². The van der Waals surface area contributed by atoms with Gasteiger partial charge < -0.3 is 15.4 Å². The standard InChI is InChI=1S/C14H22ClN3O/c1-3-19-11-10-18-14(16-2)17-9-8-12-6-4-5-7-13(12)15/h4-7H,3,8-11H2,1-2H3,(H2,16,17,18). The number of rotatable bonds is 7. The fraction of sp³-hybridized carbons (Fsp3) is 0.500. The molecule has 0 radical (unpaired) electrons. The molecule has 0 unspecified atom stereocenters. The Bertz CT molecular complexity index is 396. The van der Waals surface area contributed by atoms with Crippen LogP contribution in [0.25, 0.3) is 0 Å². The van der Waals surface area contributed by atoms with Gasteiger partial charge in [0.25, 0.3) is 0 Å². The van der Waals surface area contributed by atoms with Gasteiger partial charge in [0.05, 0.1) is 6.61 Å². The van der Waals surface area contributed by atoms with E-state index in [0.717, 1.165) is 42.7 Å². The van der Waals surface area contributed by atoms with E-state index < -0.39 is 0 Å². The third kappa shape index (κ3) is 6.45. The van der Waals surface area contributed by atoms with Crippen LogP contribution in [-0.4, -0.2) is 39.3 Å². The number of ether oxygens (including phenoxy) is 1. The van der Waals surface area contributed by atoms with E-state index in [2.05, 4.69) is 15.6 Å². The van der Waals surface area contributed by atoms with E-state index in [1.165, 1.54) is 0 Å². The molecule has 0 aromatic heterocycles. The molecule has 0 spiro atoms. The minimum Gasteiger partial charge on any atom is -0.380 e. The Labute approximate surface area is 120 Å². The van der Waals surface area contributed by atoms with E-state index in [-0.39, 0.29) is 0 Å². The molecule has 0 aliphatic carbocycles. The van der Waals surface area contributed by atoms with Crippen molar-refractivity contribution in [3.63, 3.8) is 0 Å². The fourth-order valence-electron chi connectivity index (χ4n) is 1.62. The molecule has 106 valence electrons. The molecule has 1 aromatic rings. The summed E-state index contributed by atoms with van der Waals surface area (Å²) in [4.78, 5) is 4.15. The summed E-state index contributed by atoms with van der Waals surface area (Å²) in [6, 6.07) is 7.88. The predicted molar refractivity (Wildman–Crippen MR) is 81.0 cm³/mol. The zero-order chi connectivity index (χ0) is 13.9. The molecule has 5 heteroatoms. The van der Waals surface area contributed by atoms with Crippen molar-refractivity contribution in [3.8, 4) is 0 Å². The second kappa shape index (κ2) is 9.64. The number of nitrogens with zero attached hydrogens (tertiary/aromatic N) is 1. The highest BCUT2D eigenvalue weighted by molar-refractivity contribution is 6.31. The van der Waals surface area contributed by atoms with Gasteiger partial charge in [0.2, 0.25) is 0 Å². The second-order valence-electron chi connectivity index (χ2n) is 3.96. The quantitative estimate of drug-likeness (QED) is 0.458. The predicted octanol–water partition coefficient (Wildman–Crippen LogP) is 2.08. The van der Waals surface area contributed by atoms with Gasteiger partial charge in [-0.05, 0) is 25.0 Å². The number of aliphatic imine (C=N–C) groups is 1. The molecular weight excluding hydrogens is 262 g/mol. The minimum atomic E-state index is 0.682. The Morgan fingerprint density at radius 2 is 2.00 bits per heavy atom. The lowest BCUT2D eigenvalue weighted by atomic mass is 10.1. The van der Waals surface area contributed by atoms with Gasteiger partial charge in [0, 0.05) is 31.8 Å². The molecule has 0 saturated heterocycles. The van der Waals surface area contributed by atoms with Crippen LogP contribution < -0.4 is 10.6 Å². The molecule has 0 fully saturated rings. The van der Waals surface area contributed by atoms with Gasteiger partial charge in [0.15, 0.2) is 5.96 Å². The molecule has 19 heavy (non-hydrogen) atoms. The lowest BCUT2D eigenvalue weighted by molar-refractivity contribution is 0.152. The van der Waals surface area contributed by atoms with Crippen molar-refractivity contribution in [3.05, 3.63) is 34.9 Å². The van der Waals surface area contributed by atoms with Crippen LogP contribution in [0.4, 0.5) is 0 Å². The maximum atomic E-state index is 6.10. The lowest BCUT2D eigenvalue weighted by Crippen LogP contribution is -2.39. The van der Waals surface area contributed by atoms with Gasteiger partial charge >= 0.3 is 0 Å². The zero-order valence-corrected chi connectivity index (χ0v) is 12.3. The lowest BCUT2D eigenvalue weighted by Gasteiger charge is -2.12. The molecule has 0 amide bonds. The molecule has 2 N–H and O–H groups in total. The average Bonchev–Trinajstić information content (AvgIpc) is 2.43. The second-order valence-corrected chi connectivity index (χ2v) is 4.37. The SMILES string of the molecule is CCOCCNC(=NC)NCCc1ccccc1Cl. The topological polar surface area (TPSA) is 45.6 Å². The van der Waals surface area contributed by atoms with Crippen LogP contribution in [0.3, 0.4) is 0 Å². The molecule has 0 aliphatic heterocycles. The highest BCUT2D eigenvalue weighted by Gasteiger charge is 2.00. The molecule has 0 saturated carbocycles. The fourth-order valence-corrected chi connectivity index (χ4v) is 1.85.